The number of halogens is 3. The molecule has 2 atom stereocenters. The van der Waals surface area contributed by atoms with Gasteiger partial charge in [-0.15, -0.1) is 0 Å². The van der Waals surface area contributed by atoms with E-state index in [-0.39, 0.29) is 11.3 Å². The second kappa shape index (κ2) is 7.98. The van der Waals surface area contributed by atoms with Gasteiger partial charge in [-0.2, -0.15) is 13.2 Å². The minimum atomic E-state index is -4.50. The van der Waals surface area contributed by atoms with E-state index in [0.29, 0.717) is 31.6 Å². The topological polar surface area (TPSA) is 64.5 Å². The monoisotopic (exact) mass is 488 g/mol. The van der Waals surface area contributed by atoms with Gasteiger partial charge in [-0.1, -0.05) is 26.3 Å². The van der Waals surface area contributed by atoms with Gasteiger partial charge >= 0.3 is 6.18 Å². The van der Waals surface area contributed by atoms with Crippen LogP contribution in [0.25, 0.3) is 0 Å². The van der Waals surface area contributed by atoms with Crippen molar-refractivity contribution in [3.05, 3.63) is 57.7 Å². The van der Waals surface area contributed by atoms with E-state index in [1.807, 2.05) is 0 Å². The molecular formula is C27H31F3N2O3. The Kier molecular flexibility index (Phi) is 5.33. The summed E-state index contributed by atoms with van der Waals surface area (Å²) in [5.41, 5.74) is 3.85. The quantitative estimate of drug-likeness (QED) is 0.571. The highest BCUT2D eigenvalue weighted by atomic mass is 19.4. The molecule has 8 heteroatoms. The first-order valence-electron chi connectivity index (χ1n) is 12.7. The van der Waals surface area contributed by atoms with Gasteiger partial charge in [0.25, 0.3) is 0 Å². The molecule has 2 aliphatic carbocycles. The first-order valence-corrected chi connectivity index (χ1v) is 12.7. The molecule has 2 spiro atoms. The lowest BCUT2D eigenvalue weighted by atomic mass is 9.58. The molecule has 2 fully saturated rings. The fraction of sp³-hybridized carbons (Fsp3) is 0.630. The van der Waals surface area contributed by atoms with Crippen molar-refractivity contribution in [1.29, 1.82) is 0 Å². The first kappa shape index (κ1) is 23.4. The maximum atomic E-state index is 13.2. The van der Waals surface area contributed by atoms with Gasteiger partial charge in [0.15, 0.2) is 0 Å². The number of hydrogen-bond acceptors (Lipinski definition) is 5. The molecule has 4 aliphatic rings. The molecule has 0 aromatic carbocycles. The highest BCUT2D eigenvalue weighted by Gasteiger charge is 2.54. The number of pyridine rings is 2. The largest absolute Gasteiger partial charge is 0.433 e. The summed E-state index contributed by atoms with van der Waals surface area (Å²) in [6.07, 6.45) is 1.88. The predicted molar refractivity (Wildman–Crippen MR) is 122 cm³/mol. The van der Waals surface area contributed by atoms with Crippen molar-refractivity contribution in [3.63, 3.8) is 0 Å². The Morgan fingerprint density at radius 3 is 2.40 bits per heavy atom. The molecule has 1 N–H and O–H groups in total. The van der Waals surface area contributed by atoms with E-state index in [1.54, 1.807) is 0 Å². The smallest absolute Gasteiger partial charge is 0.388 e. The van der Waals surface area contributed by atoms with Gasteiger partial charge < -0.3 is 14.6 Å². The van der Waals surface area contributed by atoms with Crippen molar-refractivity contribution in [3.8, 4) is 0 Å². The van der Waals surface area contributed by atoms with Crippen LogP contribution in [0.15, 0.2) is 18.3 Å². The summed E-state index contributed by atoms with van der Waals surface area (Å²) in [7, 11) is 0. The number of fused-ring (bicyclic) bond motifs is 4. The molecule has 1 saturated heterocycles. The second-order valence-electron chi connectivity index (χ2n) is 11.1. The maximum absolute atomic E-state index is 13.2. The lowest BCUT2D eigenvalue weighted by Gasteiger charge is -2.48. The lowest BCUT2D eigenvalue weighted by Crippen LogP contribution is -2.40. The minimum absolute atomic E-state index is 0.0916. The van der Waals surface area contributed by atoms with Crippen LogP contribution in [-0.4, -0.2) is 28.3 Å². The van der Waals surface area contributed by atoms with Crippen LogP contribution in [0.4, 0.5) is 13.2 Å². The fourth-order valence-corrected chi connectivity index (χ4v) is 6.75. The predicted octanol–water partition coefficient (Wildman–Crippen LogP) is 5.89. The molecule has 0 radical (unpaired) electrons. The summed E-state index contributed by atoms with van der Waals surface area (Å²) >= 11 is 0. The third-order valence-corrected chi connectivity index (χ3v) is 8.59. The van der Waals surface area contributed by atoms with Gasteiger partial charge in [-0.25, -0.2) is 0 Å². The van der Waals surface area contributed by atoms with Crippen LogP contribution in [0.3, 0.4) is 0 Å². The fourth-order valence-electron chi connectivity index (χ4n) is 6.75. The average Bonchev–Trinajstić information content (AvgIpc) is 3.11. The van der Waals surface area contributed by atoms with E-state index in [9.17, 15) is 18.3 Å². The molecule has 1 saturated carbocycles. The van der Waals surface area contributed by atoms with Crippen LogP contribution in [0, 0.1) is 5.41 Å². The summed E-state index contributed by atoms with van der Waals surface area (Å²) in [6.45, 7) is 5.24. The number of alkyl halides is 3. The van der Waals surface area contributed by atoms with Crippen molar-refractivity contribution >= 4 is 0 Å². The van der Waals surface area contributed by atoms with Crippen LogP contribution >= 0.6 is 0 Å². The van der Waals surface area contributed by atoms with Crippen molar-refractivity contribution < 1.29 is 27.8 Å². The van der Waals surface area contributed by atoms with Gasteiger partial charge in [0, 0.05) is 60.3 Å². The molecule has 2 unspecified atom stereocenters. The Labute approximate surface area is 203 Å². The summed E-state index contributed by atoms with van der Waals surface area (Å²) in [4.78, 5) is 8.87. The molecule has 5 nitrogen and oxygen atoms in total. The minimum Gasteiger partial charge on any atom is -0.388 e. The van der Waals surface area contributed by atoms with E-state index in [1.165, 1.54) is 18.7 Å². The third kappa shape index (κ3) is 3.63. The summed E-state index contributed by atoms with van der Waals surface area (Å²) in [6, 6.07) is 2.48. The van der Waals surface area contributed by atoms with Crippen LogP contribution < -0.4 is 0 Å². The molecule has 188 valence electrons. The molecule has 2 aromatic rings. The number of hydrogen-bond donors (Lipinski definition) is 1. The normalized spacial score (nSPS) is 26.6. The molecule has 4 heterocycles. The van der Waals surface area contributed by atoms with Gasteiger partial charge in [-0.3, -0.25) is 9.97 Å². The average molecular weight is 489 g/mol. The Morgan fingerprint density at radius 2 is 1.83 bits per heavy atom. The molecule has 0 amide bonds. The van der Waals surface area contributed by atoms with Crippen LogP contribution in [-0.2, 0) is 27.7 Å². The highest BCUT2D eigenvalue weighted by Crippen LogP contribution is 2.60. The highest BCUT2D eigenvalue weighted by molar-refractivity contribution is 5.54. The number of aromatic nitrogens is 2. The Morgan fingerprint density at radius 1 is 1.09 bits per heavy atom. The maximum Gasteiger partial charge on any atom is 0.433 e. The van der Waals surface area contributed by atoms with Crippen LogP contribution in [0.1, 0.15) is 110 Å². The molecule has 2 aliphatic heterocycles. The summed E-state index contributed by atoms with van der Waals surface area (Å²) in [5.74, 6) is 0.0916. The van der Waals surface area contributed by atoms with E-state index in [2.05, 4.69) is 18.8 Å². The number of aliphatic hydroxyl groups excluding tert-OH is 1. The van der Waals surface area contributed by atoms with Gasteiger partial charge in [0.2, 0.25) is 0 Å². The molecule has 2 aromatic heterocycles. The number of ether oxygens (including phenoxy) is 2. The van der Waals surface area contributed by atoms with Gasteiger partial charge in [0.05, 0.1) is 11.7 Å². The van der Waals surface area contributed by atoms with E-state index >= 15 is 0 Å². The van der Waals surface area contributed by atoms with E-state index in [4.69, 9.17) is 14.5 Å². The Hall–Kier alpha value is -2.03. The molecule has 0 bridgehead atoms. The van der Waals surface area contributed by atoms with Crippen molar-refractivity contribution in [1.82, 2.24) is 9.97 Å². The standard InChI is InChI=1S/C27H31F3N2O3/c1-15(2)23-21-22(20-17(32-23)12-25(6-3-7-25)13-18(20)33)26(8-10-34-11-9-26)35-24(21)16-4-5-19(31-14-16)27(28,29)30/h4-5,14-15,18,24,33H,3,6-13H2,1-2H3. The second-order valence-corrected chi connectivity index (χ2v) is 11.1. The van der Waals surface area contributed by atoms with Crippen LogP contribution in [0.2, 0.25) is 0 Å². The van der Waals surface area contributed by atoms with Crippen molar-refractivity contribution in [2.45, 2.75) is 88.7 Å². The SMILES string of the molecule is CC(C)c1nc2c(c3c1C(c1ccc(C(F)(F)F)nc1)OC31CCOCC1)C(O)CC1(CCC1)C2. The lowest BCUT2D eigenvalue weighted by molar-refractivity contribution is -0.141. The first-order chi connectivity index (χ1) is 16.6. The van der Waals surface area contributed by atoms with Gasteiger partial charge in [0.1, 0.15) is 11.8 Å². The summed E-state index contributed by atoms with van der Waals surface area (Å²) in [5, 5.41) is 11.5. The number of rotatable bonds is 2. The summed E-state index contributed by atoms with van der Waals surface area (Å²) < 4.78 is 52.0. The zero-order valence-corrected chi connectivity index (χ0v) is 20.1. The Bertz CT molecular complexity index is 1140. The zero-order chi connectivity index (χ0) is 24.6. The molecule has 6 rings (SSSR count). The number of nitrogens with zero attached hydrogens (tertiary/aromatic N) is 2. The Balaban J connectivity index is 1.55. The molecular weight excluding hydrogens is 457 g/mol. The van der Waals surface area contributed by atoms with Crippen molar-refractivity contribution in [2.24, 2.45) is 5.41 Å². The van der Waals surface area contributed by atoms with E-state index < -0.39 is 29.7 Å². The van der Waals surface area contributed by atoms with Crippen LogP contribution in [0.5, 0.6) is 0 Å². The molecule has 35 heavy (non-hydrogen) atoms. The van der Waals surface area contributed by atoms with Gasteiger partial charge in [-0.05, 0) is 48.6 Å². The van der Waals surface area contributed by atoms with Crippen molar-refractivity contribution in [2.75, 3.05) is 13.2 Å². The zero-order valence-electron chi connectivity index (χ0n) is 20.1. The third-order valence-electron chi connectivity index (χ3n) is 8.59. The number of aliphatic hydroxyl groups is 1. The van der Waals surface area contributed by atoms with E-state index in [0.717, 1.165) is 59.8 Å².